The van der Waals surface area contributed by atoms with Gasteiger partial charge in [-0.3, -0.25) is 9.59 Å². The fourth-order valence-electron chi connectivity index (χ4n) is 7.18. The fourth-order valence-corrected chi connectivity index (χ4v) is 7.18. The molecule has 0 aromatic heterocycles. The Kier molecular flexibility index (Phi) is 6.79. The Morgan fingerprint density at radius 1 is 1.23 bits per heavy atom. The van der Waals surface area contributed by atoms with E-state index >= 15 is 0 Å². The number of hydrogen-bond acceptors (Lipinski definition) is 6. The first kappa shape index (κ1) is 24.4. The molecule has 4 aliphatic rings. The Balaban J connectivity index is 0.000000491. The van der Waals surface area contributed by atoms with Gasteiger partial charge in [-0.15, -0.1) is 0 Å². The molecule has 0 unspecified atom stereocenters. The van der Waals surface area contributed by atoms with Gasteiger partial charge in [-0.1, -0.05) is 12.5 Å². The van der Waals surface area contributed by atoms with Gasteiger partial charge in [-0.2, -0.15) is 0 Å². The normalized spacial score (nSPS) is 41.7. The van der Waals surface area contributed by atoms with Crippen molar-refractivity contribution in [3.05, 3.63) is 11.6 Å². The number of phosphoric acid groups is 1. The first-order chi connectivity index (χ1) is 14.4. The van der Waals surface area contributed by atoms with E-state index in [0.29, 0.717) is 19.3 Å². The van der Waals surface area contributed by atoms with Crippen LogP contribution in [0.15, 0.2) is 11.6 Å². The highest BCUT2D eigenvalue weighted by Gasteiger charge is 2.64. The maximum Gasteiger partial charge on any atom is 0.466 e. The Bertz CT molecular complexity index is 824. The van der Waals surface area contributed by atoms with Crippen molar-refractivity contribution in [2.45, 2.75) is 58.0 Å². The molecule has 3 saturated carbocycles. The highest BCUT2D eigenvalue weighted by Crippen LogP contribution is 2.66. The third-order valence-electron chi connectivity index (χ3n) is 8.27. The zero-order chi connectivity index (χ0) is 23.2. The van der Waals surface area contributed by atoms with E-state index in [0.717, 1.165) is 37.5 Å². The van der Waals surface area contributed by atoms with Crippen LogP contribution in [0.25, 0.3) is 0 Å². The van der Waals surface area contributed by atoms with Gasteiger partial charge in [0.25, 0.3) is 0 Å². The second kappa shape index (κ2) is 8.61. The summed E-state index contributed by atoms with van der Waals surface area (Å²) in [6.45, 7) is 1.63. The van der Waals surface area contributed by atoms with Gasteiger partial charge >= 0.3 is 7.82 Å². The minimum Gasteiger partial charge on any atom is -0.393 e. The fraction of sp³-hybridized carbons (Fsp3) is 0.762. The summed E-state index contributed by atoms with van der Waals surface area (Å²) in [6, 6.07) is 0. The van der Waals surface area contributed by atoms with E-state index in [1.54, 1.807) is 6.08 Å². The molecule has 31 heavy (non-hydrogen) atoms. The van der Waals surface area contributed by atoms with Crippen LogP contribution in [-0.2, 0) is 18.9 Å². The van der Waals surface area contributed by atoms with Crippen molar-refractivity contribution in [2.75, 3.05) is 6.61 Å². The average molecular weight is 458 g/mol. The first-order valence-electron chi connectivity index (χ1n) is 10.7. The molecule has 3 fully saturated rings. The summed E-state index contributed by atoms with van der Waals surface area (Å²) in [6.07, 6.45) is 6.75. The van der Waals surface area contributed by atoms with E-state index in [2.05, 4.69) is 6.92 Å². The molecule has 0 aromatic rings. The largest absolute Gasteiger partial charge is 0.466 e. The SMILES string of the molecule is C[C@]12CCC(=O)C=C1CC[C@@H]1[C@@H]2[C@@H](O)C[C@]2(C=O)[C@@H](C(=O)CO)CC[C@@H]12.O=P(O)(O)O. The minimum absolute atomic E-state index is 0.0386. The maximum absolute atomic E-state index is 12.3. The van der Waals surface area contributed by atoms with Crippen LogP contribution < -0.4 is 0 Å². The van der Waals surface area contributed by atoms with Gasteiger partial charge in [0.05, 0.1) is 6.10 Å². The molecule has 0 radical (unpaired) electrons. The molecule has 0 amide bonds. The van der Waals surface area contributed by atoms with Gasteiger partial charge in [-0.25, -0.2) is 4.57 Å². The van der Waals surface area contributed by atoms with E-state index in [-0.39, 0.29) is 34.7 Å². The summed E-state index contributed by atoms with van der Waals surface area (Å²) in [5, 5.41) is 20.5. The van der Waals surface area contributed by atoms with Crippen LogP contribution in [0, 0.1) is 34.5 Å². The van der Waals surface area contributed by atoms with E-state index in [9.17, 15) is 24.6 Å². The number of hydrogen-bond donors (Lipinski definition) is 5. The highest BCUT2D eigenvalue weighted by molar-refractivity contribution is 7.45. The summed E-state index contributed by atoms with van der Waals surface area (Å²) < 4.78 is 8.88. The van der Waals surface area contributed by atoms with E-state index in [1.165, 1.54) is 0 Å². The van der Waals surface area contributed by atoms with Gasteiger partial charge in [0.2, 0.25) is 0 Å². The van der Waals surface area contributed by atoms with Crippen molar-refractivity contribution in [1.29, 1.82) is 0 Å². The third kappa shape index (κ3) is 4.36. The zero-order valence-corrected chi connectivity index (χ0v) is 18.4. The number of carbonyl (C=O) groups excluding carboxylic acids is 3. The van der Waals surface area contributed by atoms with Crippen LogP contribution in [0.1, 0.15) is 51.9 Å². The number of fused-ring (bicyclic) bond motifs is 5. The van der Waals surface area contributed by atoms with Crippen molar-refractivity contribution >= 4 is 25.7 Å². The van der Waals surface area contributed by atoms with E-state index < -0.39 is 31.9 Å². The summed E-state index contributed by atoms with van der Waals surface area (Å²) in [4.78, 5) is 58.0. The molecule has 4 rings (SSSR count). The molecule has 0 aliphatic heterocycles. The average Bonchev–Trinajstić information content (AvgIpc) is 3.06. The highest BCUT2D eigenvalue weighted by atomic mass is 31.2. The molecule has 5 N–H and O–H groups in total. The number of aliphatic hydroxyl groups excluding tert-OH is 2. The Morgan fingerprint density at radius 3 is 2.45 bits per heavy atom. The summed E-state index contributed by atoms with van der Waals surface area (Å²) in [7, 11) is -4.64. The predicted molar refractivity (Wildman–Crippen MR) is 108 cm³/mol. The summed E-state index contributed by atoms with van der Waals surface area (Å²) >= 11 is 0. The Hall–Kier alpha value is -1.22. The van der Waals surface area contributed by atoms with Crippen molar-refractivity contribution < 1.29 is 43.8 Å². The Labute approximate surface area is 180 Å². The van der Waals surface area contributed by atoms with Crippen molar-refractivity contribution in [1.82, 2.24) is 0 Å². The summed E-state index contributed by atoms with van der Waals surface area (Å²) in [5.74, 6) is -0.241. The standard InChI is InChI=1S/C21H28O5.H3O4P/c1-20-7-6-13(24)8-12(20)2-3-14-15-4-5-16(18(26)10-22)21(15,11-23)9-17(25)19(14)20;1-5(2,3)4/h8,11,14-17,19,22,25H,2-7,9-10H2,1H3;(H3,1,2,3,4)/t14-,15-,16+,17-,19+,20-,21+;/m0./s1. The van der Waals surface area contributed by atoms with Crippen molar-refractivity contribution in [2.24, 2.45) is 34.5 Å². The lowest BCUT2D eigenvalue weighted by Crippen LogP contribution is -2.58. The number of ketones is 2. The summed E-state index contributed by atoms with van der Waals surface area (Å²) in [5.41, 5.74) is 0.140. The van der Waals surface area contributed by atoms with Gasteiger partial charge in [0.15, 0.2) is 11.6 Å². The van der Waals surface area contributed by atoms with Crippen LogP contribution in [0.5, 0.6) is 0 Å². The van der Waals surface area contributed by atoms with Crippen LogP contribution >= 0.6 is 7.82 Å². The maximum atomic E-state index is 12.3. The number of carbonyl (C=O) groups is 3. The number of aliphatic hydroxyl groups is 2. The van der Waals surface area contributed by atoms with E-state index in [4.69, 9.17) is 19.2 Å². The lowest BCUT2D eigenvalue weighted by molar-refractivity contribution is -0.157. The molecule has 0 aromatic carbocycles. The minimum atomic E-state index is -4.64. The van der Waals surface area contributed by atoms with E-state index in [1.807, 2.05) is 0 Å². The number of allylic oxidation sites excluding steroid dienone is 1. The molecule has 0 spiro atoms. The number of aldehydes is 1. The van der Waals surface area contributed by atoms with Crippen molar-refractivity contribution in [3.8, 4) is 0 Å². The van der Waals surface area contributed by atoms with Crippen LogP contribution in [0.2, 0.25) is 0 Å². The van der Waals surface area contributed by atoms with Gasteiger partial charge in [-0.05, 0) is 67.8 Å². The lowest BCUT2D eigenvalue weighted by Gasteiger charge is -2.59. The third-order valence-corrected chi connectivity index (χ3v) is 8.27. The molecular weight excluding hydrogens is 427 g/mol. The molecule has 9 nitrogen and oxygen atoms in total. The van der Waals surface area contributed by atoms with Crippen LogP contribution in [-0.4, -0.2) is 55.5 Å². The first-order valence-corrected chi connectivity index (χ1v) is 12.2. The van der Waals surface area contributed by atoms with Crippen molar-refractivity contribution in [3.63, 3.8) is 0 Å². The zero-order valence-electron chi connectivity index (χ0n) is 17.5. The molecule has 0 saturated heterocycles. The molecule has 10 heteroatoms. The molecule has 174 valence electrons. The van der Waals surface area contributed by atoms with Gasteiger partial charge in [0, 0.05) is 17.8 Å². The molecule has 0 heterocycles. The molecular formula is C21H31O9P. The smallest absolute Gasteiger partial charge is 0.393 e. The number of rotatable bonds is 3. The second-order valence-electron chi connectivity index (χ2n) is 9.66. The monoisotopic (exact) mass is 458 g/mol. The predicted octanol–water partition coefficient (Wildman–Crippen LogP) is 0.917. The second-order valence-corrected chi connectivity index (χ2v) is 10.7. The van der Waals surface area contributed by atoms with Gasteiger partial charge in [0.1, 0.15) is 12.9 Å². The molecule has 4 aliphatic carbocycles. The quantitative estimate of drug-likeness (QED) is 0.305. The lowest BCUT2D eigenvalue weighted by atomic mass is 9.45. The van der Waals surface area contributed by atoms with Gasteiger partial charge < -0.3 is 29.7 Å². The topological polar surface area (TPSA) is 169 Å². The Morgan fingerprint density at radius 2 is 1.87 bits per heavy atom. The molecule has 7 atom stereocenters. The van der Waals surface area contributed by atoms with Crippen LogP contribution in [0.3, 0.4) is 0 Å². The van der Waals surface area contributed by atoms with Crippen LogP contribution in [0.4, 0.5) is 0 Å². The number of Topliss-reactive ketones (excluding diaryl/α,β-unsaturated/α-hetero) is 1. The molecule has 0 bridgehead atoms.